The quantitative estimate of drug-likeness (QED) is 0.0258. The highest BCUT2D eigenvalue weighted by Crippen LogP contribution is 2.13. The van der Waals surface area contributed by atoms with Crippen LogP contribution in [-0.2, 0) is 28.5 Å². The van der Waals surface area contributed by atoms with Gasteiger partial charge in [-0.1, -0.05) is 154 Å². The summed E-state index contributed by atoms with van der Waals surface area (Å²) in [7, 11) is 4.05. The Morgan fingerprint density at radius 2 is 0.845 bits per heavy atom. The molecule has 0 aromatic rings. The van der Waals surface area contributed by atoms with Gasteiger partial charge in [0.2, 0.25) is 0 Å². The summed E-state index contributed by atoms with van der Waals surface area (Å²) in [6, 6.07) is 0. The summed E-state index contributed by atoms with van der Waals surface area (Å²) in [4.78, 5) is 42.0. The number of carbonyl (C=O) groups is 3. The third-order valence-electron chi connectivity index (χ3n) is 10.6. The molecule has 9 nitrogen and oxygen atoms in total. The second kappa shape index (κ2) is 44.2. The van der Waals surface area contributed by atoms with Crippen LogP contribution in [0.2, 0.25) is 0 Å². The Balaban J connectivity index is 4.40. The summed E-state index contributed by atoms with van der Waals surface area (Å²) in [6.45, 7) is 9.61. The summed E-state index contributed by atoms with van der Waals surface area (Å²) in [6.07, 6.45) is 40.6. The van der Waals surface area contributed by atoms with E-state index in [1.165, 1.54) is 116 Å². The zero-order valence-corrected chi connectivity index (χ0v) is 38.6. The predicted molar refractivity (Wildman–Crippen MR) is 242 cm³/mol. The van der Waals surface area contributed by atoms with Crippen molar-refractivity contribution in [2.45, 2.75) is 213 Å². The van der Waals surface area contributed by atoms with Crippen molar-refractivity contribution in [2.75, 3.05) is 60.1 Å². The molecular formula is C49H92N2O7. The van der Waals surface area contributed by atoms with Gasteiger partial charge in [-0.15, -0.1) is 0 Å². The van der Waals surface area contributed by atoms with Gasteiger partial charge in [0.1, 0.15) is 19.8 Å². The minimum atomic E-state index is -0.926. The van der Waals surface area contributed by atoms with Crippen LogP contribution in [0.5, 0.6) is 0 Å². The molecule has 58 heavy (non-hydrogen) atoms. The highest BCUT2D eigenvalue weighted by Gasteiger charge is 2.21. The molecule has 0 radical (unpaired) electrons. The summed E-state index contributed by atoms with van der Waals surface area (Å²) in [5, 5.41) is 0. The molecule has 0 aromatic heterocycles. The summed E-state index contributed by atoms with van der Waals surface area (Å²) in [5.41, 5.74) is 0. The minimum Gasteiger partial charge on any atom is -0.462 e. The molecule has 0 spiro atoms. The lowest BCUT2D eigenvalue weighted by molar-refractivity contribution is -0.153. The van der Waals surface area contributed by atoms with E-state index in [-0.39, 0.29) is 31.8 Å². The number of nitrogens with zero attached hydrogens (tertiary/aromatic N) is 2. The third-order valence-corrected chi connectivity index (χ3v) is 10.6. The molecular weight excluding hydrogens is 729 g/mol. The Kier molecular flexibility index (Phi) is 42.3. The van der Waals surface area contributed by atoms with Gasteiger partial charge in [-0.3, -0.25) is 14.5 Å². The van der Waals surface area contributed by atoms with Crippen LogP contribution in [0.4, 0.5) is 4.79 Å². The molecule has 0 aromatic carbocycles. The minimum absolute atomic E-state index is 0.176. The van der Waals surface area contributed by atoms with E-state index in [2.05, 4.69) is 54.9 Å². The zero-order valence-electron chi connectivity index (χ0n) is 38.6. The molecule has 0 heterocycles. The molecule has 0 aliphatic heterocycles. The van der Waals surface area contributed by atoms with Crippen molar-refractivity contribution in [3.63, 3.8) is 0 Å². The van der Waals surface area contributed by atoms with Gasteiger partial charge in [-0.25, -0.2) is 4.79 Å². The van der Waals surface area contributed by atoms with E-state index < -0.39 is 12.3 Å². The number of rotatable bonds is 43. The fraction of sp³-hybridized carbons (Fsp3) is 0.857. The Morgan fingerprint density at radius 1 is 0.466 bits per heavy atom. The molecule has 1 unspecified atom stereocenters. The van der Waals surface area contributed by atoms with E-state index in [9.17, 15) is 14.4 Å². The Labute approximate surface area is 357 Å². The lowest BCUT2D eigenvalue weighted by atomic mass is 10.1. The van der Waals surface area contributed by atoms with Crippen molar-refractivity contribution < 1.29 is 33.3 Å². The molecule has 0 saturated heterocycles. The maximum Gasteiger partial charge on any atom is 0.508 e. The predicted octanol–water partition coefficient (Wildman–Crippen LogP) is 12.9. The monoisotopic (exact) mass is 821 g/mol. The number of allylic oxidation sites excluding steroid dienone is 4. The molecule has 340 valence electrons. The number of ether oxygens (including phenoxy) is 4. The van der Waals surface area contributed by atoms with Crippen molar-refractivity contribution in [1.82, 2.24) is 9.80 Å². The second-order valence-electron chi connectivity index (χ2n) is 16.5. The van der Waals surface area contributed by atoms with Gasteiger partial charge in [0.15, 0.2) is 6.10 Å². The van der Waals surface area contributed by atoms with Crippen molar-refractivity contribution in [3.8, 4) is 0 Å². The van der Waals surface area contributed by atoms with Crippen LogP contribution in [0.1, 0.15) is 207 Å². The summed E-state index contributed by atoms with van der Waals surface area (Å²) < 4.78 is 21.8. The molecule has 0 rings (SSSR count). The van der Waals surface area contributed by atoms with Crippen LogP contribution in [-0.4, -0.2) is 94.1 Å². The van der Waals surface area contributed by atoms with Crippen LogP contribution in [0.15, 0.2) is 24.3 Å². The maximum absolute atomic E-state index is 12.6. The number of likely N-dealkylation sites (N-methyl/N-ethyl adjacent to an activating group) is 2. The smallest absolute Gasteiger partial charge is 0.462 e. The van der Waals surface area contributed by atoms with Crippen molar-refractivity contribution in [1.29, 1.82) is 0 Å². The molecule has 1 atom stereocenters. The highest BCUT2D eigenvalue weighted by atomic mass is 16.7. The van der Waals surface area contributed by atoms with E-state index in [1.807, 2.05) is 14.1 Å². The molecule has 0 saturated carbocycles. The molecule has 9 heteroatoms. The zero-order chi connectivity index (χ0) is 42.6. The molecule has 0 aliphatic rings. The lowest BCUT2D eigenvalue weighted by Gasteiger charge is -2.22. The number of unbranched alkanes of at least 4 members (excludes halogenated alkanes) is 23. The van der Waals surface area contributed by atoms with E-state index in [1.54, 1.807) is 0 Å². The van der Waals surface area contributed by atoms with Gasteiger partial charge in [-0.05, 0) is 84.8 Å². The van der Waals surface area contributed by atoms with Gasteiger partial charge in [-0.2, -0.15) is 0 Å². The van der Waals surface area contributed by atoms with Crippen LogP contribution < -0.4 is 0 Å². The Bertz CT molecular complexity index is 986. The Hall–Kier alpha value is -2.39. The van der Waals surface area contributed by atoms with Gasteiger partial charge in [0, 0.05) is 32.5 Å². The SMILES string of the molecule is CCCCCCCC/C=C\CCCCCCCCC(=O)OCC(COC(=O)CCCCCCC/C=C\CCCCCCCC)OC(=O)OCCN(CC)CCN(C)C. The lowest BCUT2D eigenvalue weighted by Crippen LogP contribution is -2.35. The van der Waals surface area contributed by atoms with Gasteiger partial charge in [0.25, 0.3) is 0 Å². The van der Waals surface area contributed by atoms with Crippen LogP contribution in [0.3, 0.4) is 0 Å². The number of hydrogen-bond donors (Lipinski definition) is 0. The average Bonchev–Trinajstić information content (AvgIpc) is 3.21. The van der Waals surface area contributed by atoms with E-state index >= 15 is 0 Å². The average molecular weight is 821 g/mol. The van der Waals surface area contributed by atoms with Crippen molar-refractivity contribution >= 4 is 18.1 Å². The summed E-state index contributed by atoms with van der Waals surface area (Å²) >= 11 is 0. The molecule has 0 bridgehead atoms. The largest absolute Gasteiger partial charge is 0.508 e. The maximum atomic E-state index is 12.6. The fourth-order valence-corrected chi connectivity index (χ4v) is 6.69. The first-order chi connectivity index (χ1) is 28.3. The third kappa shape index (κ3) is 41.8. The summed E-state index contributed by atoms with van der Waals surface area (Å²) in [5.74, 6) is -0.675. The topological polar surface area (TPSA) is 94.6 Å². The van der Waals surface area contributed by atoms with Gasteiger partial charge in [0.05, 0.1) is 0 Å². The normalized spacial score (nSPS) is 12.3. The first kappa shape index (κ1) is 55.6. The second-order valence-corrected chi connectivity index (χ2v) is 16.5. The number of hydrogen-bond acceptors (Lipinski definition) is 9. The molecule has 0 N–H and O–H groups in total. The van der Waals surface area contributed by atoms with Gasteiger partial charge < -0.3 is 23.8 Å². The fourth-order valence-electron chi connectivity index (χ4n) is 6.69. The van der Waals surface area contributed by atoms with E-state index in [0.29, 0.717) is 19.4 Å². The standard InChI is InChI=1S/C49H92N2O7/c1-6-9-11-13-15-17-19-21-23-25-27-29-31-33-35-37-39-48(53)57-45-46(58-49(54)55-43-42-51(8-3)41-40-50(4)5)44-56-47(52)38-36-34-32-30-28-26-24-22-20-18-16-14-12-10-7-2/h21-24,46H,6-20,25-45H2,1-5H3/b23-21-,24-22-. The van der Waals surface area contributed by atoms with E-state index in [0.717, 1.165) is 77.4 Å². The Morgan fingerprint density at radius 3 is 1.22 bits per heavy atom. The first-order valence-electron chi connectivity index (χ1n) is 24.1. The molecule has 0 amide bonds. The molecule has 0 aliphatic carbocycles. The van der Waals surface area contributed by atoms with Crippen LogP contribution in [0.25, 0.3) is 0 Å². The van der Waals surface area contributed by atoms with Crippen LogP contribution >= 0.6 is 0 Å². The first-order valence-corrected chi connectivity index (χ1v) is 24.1. The number of esters is 2. The van der Waals surface area contributed by atoms with Crippen LogP contribution in [0, 0.1) is 0 Å². The number of carbonyl (C=O) groups excluding carboxylic acids is 3. The molecule has 0 fully saturated rings. The van der Waals surface area contributed by atoms with Crippen molar-refractivity contribution in [3.05, 3.63) is 24.3 Å². The van der Waals surface area contributed by atoms with Crippen molar-refractivity contribution in [2.24, 2.45) is 0 Å². The van der Waals surface area contributed by atoms with E-state index in [4.69, 9.17) is 18.9 Å². The highest BCUT2D eigenvalue weighted by molar-refractivity contribution is 5.70. The van der Waals surface area contributed by atoms with Gasteiger partial charge >= 0.3 is 18.1 Å².